The normalized spacial score (nSPS) is 11.3. The van der Waals surface area contributed by atoms with E-state index < -0.39 is 9.05 Å². The minimum Gasteiger partial charge on any atom is -0.487 e. The van der Waals surface area contributed by atoms with E-state index >= 15 is 0 Å². The van der Waals surface area contributed by atoms with Gasteiger partial charge in [-0.1, -0.05) is 23.7 Å². The maximum Gasteiger partial charge on any atom is 0.261 e. The number of hydrogen-bond acceptors (Lipinski definition) is 3. The largest absolute Gasteiger partial charge is 0.487 e. The van der Waals surface area contributed by atoms with Crippen molar-refractivity contribution in [1.82, 2.24) is 0 Å². The Hall–Kier alpha value is -1.30. The molecule has 3 nitrogen and oxygen atoms in total. The zero-order chi connectivity index (χ0) is 14.8. The average Bonchev–Trinajstić information content (AvgIpc) is 2.36. The van der Waals surface area contributed by atoms with Gasteiger partial charge in [0, 0.05) is 10.7 Å². The summed E-state index contributed by atoms with van der Waals surface area (Å²) < 4.78 is 40.7. The summed E-state index contributed by atoms with van der Waals surface area (Å²) in [5, 5.41) is 0.114. The third-order valence-electron chi connectivity index (χ3n) is 2.47. The highest BCUT2D eigenvalue weighted by Gasteiger charge is 2.13. The molecule has 0 bridgehead atoms. The van der Waals surface area contributed by atoms with Crippen LogP contribution in [0.5, 0.6) is 5.75 Å². The van der Waals surface area contributed by atoms with Crippen LogP contribution in [0, 0.1) is 5.82 Å². The summed E-state index contributed by atoms with van der Waals surface area (Å²) in [5.74, 6) is -0.0687. The van der Waals surface area contributed by atoms with E-state index in [4.69, 9.17) is 27.0 Å². The lowest BCUT2D eigenvalue weighted by Gasteiger charge is -2.09. The molecular weight excluding hydrogens is 326 g/mol. The molecule has 0 N–H and O–H groups in total. The van der Waals surface area contributed by atoms with Gasteiger partial charge in [-0.15, -0.1) is 0 Å². The highest BCUT2D eigenvalue weighted by atomic mass is 35.7. The first kappa shape index (κ1) is 15.1. The summed E-state index contributed by atoms with van der Waals surface area (Å²) in [4.78, 5) is -0.109. The Morgan fingerprint density at radius 3 is 2.50 bits per heavy atom. The molecule has 106 valence electrons. The highest BCUT2D eigenvalue weighted by Crippen LogP contribution is 2.29. The number of rotatable bonds is 4. The quantitative estimate of drug-likeness (QED) is 0.794. The second kappa shape index (κ2) is 5.99. The molecule has 0 amide bonds. The van der Waals surface area contributed by atoms with Crippen LogP contribution in [0.15, 0.2) is 47.4 Å². The molecule has 2 aromatic rings. The second-order valence-electron chi connectivity index (χ2n) is 3.95. The third kappa shape index (κ3) is 3.85. The molecule has 0 heterocycles. The Morgan fingerprint density at radius 2 is 1.90 bits per heavy atom. The summed E-state index contributed by atoms with van der Waals surface area (Å²) in [6.07, 6.45) is 0. The number of ether oxygens (including phenoxy) is 1. The lowest BCUT2D eigenvalue weighted by atomic mass is 10.2. The molecule has 0 radical (unpaired) electrons. The fourth-order valence-corrected chi connectivity index (χ4v) is 2.62. The molecule has 0 aliphatic heterocycles. The standard InChI is InChI=1S/C13H9Cl2FO3S/c14-12-7-11(20(15,17)18)4-5-13(12)19-8-9-2-1-3-10(16)6-9/h1-7H,8H2. The molecule has 0 atom stereocenters. The van der Waals surface area contributed by atoms with Crippen molar-refractivity contribution in [3.05, 3.63) is 58.9 Å². The Morgan fingerprint density at radius 1 is 1.15 bits per heavy atom. The number of benzene rings is 2. The first-order valence-electron chi connectivity index (χ1n) is 5.48. The smallest absolute Gasteiger partial charge is 0.261 e. The lowest BCUT2D eigenvalue weighted by molar-refractivity contribution is 0.305. The number of hydrogen-bond donors (Lipinski definition) is 0. The Bertz CT molecular complexity index is 732. The molecule has 2 rings (SSSR count). The molecule has 20 heavy (non-hydrogen) atoms. The fraction of sp³-hybridized carbons (Fsp3) is 0.0769. The van der Waals surface area contributed by atoms with Crippen LogP contribution in [0.25, 0.3) is 0 Å². The summed E-state index contributed by atoms with van der Waals surface area (Å²) >= 11 is 5.91. The van der Waals surface area contributed by atoms with Crippen LogP contribution < -0.4 is 4.74 Å². The van der Waals surface area contributed by atoms with Gasteiger partial charge in [-0.2, -0.15) is 0 Å². The van der Waals surface area contributed by atoms with Crippen LogP contribution >= 0.6 is 22.3 Å². The maximum absolute atomic E-state index is 13.0. The van der Waals surface area contributed by atoms with Gasteiger partial charge in [0.05, 0.1) is 9.92 Å². The lowest BCUT2D eigenvalue weighted by Crippen LogP contribution is -1.97. The van der Waals surface area contributed by atoms with Gasteiger partial charge >= 0.3 is 0 Å². The molecule has 7 heteroatoms. The van der Waals surface area contributed by atoms with E-state index in [1.165, 1.54) is 30.3 Å². The summed E-state index contributed by atoms with van der Waals surface area (Å²) in [6.45, 7) is 0.116. The molecule has 0 spiro atoms. The SMILES string of the molecule is O=S(=O)(Cl)c1ccc(OCc2cccc(F)c2)c(Cl)c1. The van der Waals surface area contributed by atoms with Crippen LogP contribution in [0.1, 0.15) is 5.56 Å². The van der Waals surface area contributed by atoms with Crippen molar-refractivity contribution >= 4 is 31.3 Å². The van der Waals surface area contributed by atoms with Crippen LogP contribution in [-0.2, 0) is 15.7 Å². The predicted octanol–water partition coefficient (Wildman–Crippen LogP) is 3.99. The monoisotopic (exact) mass is 334 g/mol. The highest BCUT2D eigenvalue weighted by molar-refractivity contribution is 8.13. The third-order valence-corrected chi connectivity index (χ3v) is 4.12. The van der Waals surface area contributed by atoms with Crippen molar-refractivity contribution < 1.29 is 17.5 Å². The first-order valence-corrected chi connectivity index (χ1v) is 8.16. The summed E-state index contributed by atoms with van der Waals surface area (Å²) in [5.41, 5.74) is 0.634. The summed E-state index contributed by atoms with van der Waals surface area (Å²) in [7, 11) is 1.37. The molecule has 0 unspecified atom stereocenters. The predicted molar refractivity (Wildman–Crippen MR) is 75.2 cm³/mol. The molecule has 0 saturated carbocycles. The van der Waals surface area contributed by atoms with Crippen molar-refractivity contribution in [3.63, 3.8) is 0 Å². The Labute approximate surface area is 125 Å². The van der Waals surface area contributed by atoms with E-state index in [9.17, 15) is 12.8 Å². The molecular formula is C13H9Cl2FO3S. The van der Waals surface area contributed by atoms with Crippen molar-refractivity contribution in [3.8, 4) is 5.75 Å². The molecule has 0 aliphatic carbocycles. The van der Waals surface area contributed by atoms with Crippen molar-refractivity contribution in [2.45, 2.75) is 11.5 Å². The van der Waals surface area contributed by atoms with E-state index in [1.807, 2.05) is 0 Å². The summed E-state index contributed by atoms with van der Waals surface area (Å²) in [6, 6.07) is 9.83. The Kier molecular flexibility index (Phi) is 4.52. The van der Waals surface area contributed by atoms with E-state index in [2.05, 4.69) is 0 Å². The number of halogens is 3. The van der Waals surface area contributed by atoms with Crippen molar-refractivity contribution in [2.75, 3.05) is 0 Å². The van der Waals surface area contributed by atoms with Gasteiger partial charge in [0.2, 0.25) is 0 Å². The molecule has 2 aromatic carbocycles. The second-order valence-corrected chi connectivity index (χ2v) is 6.92. The zero-order valence-corrected chi connectivity index (χ0v) is 12.3. The van der Waals surface area contributed by atoms with Crippen LogP contribution in [0.4, 0.5) is 4.39 Å². The molecule has 0 saturated heterocycles. The van der Waals surface area contributed by atoms with Crippen LogP contribution in [-0.4, -0.2) is 8.42 Å². The fourth-order valence-electron chi connectivity index (χ4n) is 1.54. The van der Waals surface area contributed by atoms with Gasteiger partial charge in [-0.05, 0) is 35.9 Å². The van der Waals surface area contributed by atoms with Gasteiger partial charge in [-0.25, -0.2) is 12.8 Å². The van der Waals surface area contributed by atoms with Gasteiger partial charge in [0.25, 0.3) is 9.05 Å². The van der Waals surface area contributed by atoms with E-state index in [1.54, 1.807) is 12.1 Å². The topological polar surface area (TPSA) is 43.4 Å². The van der Waals surface area contributed by atoms with E-state index in [0.717, 1.165) is 0 Å². The Balaban J connectivity index is 2.15. The minimum atomic E-state index is -3.83. The van der Waals surface area contributed by atoms with Gasteiger partial charge in [-0.3, -0.25) is 0 Å². The first-order chi connectivity index (χ1) is 9.36. The van der Waals surface area contributed by atoms with Crippen LogP contribution in [0.3, 0.4) is 0 Å². The average molecular weight is 335 g/mol. The molecule has 0 aromatic heterocycles. The van der Waals surface area contributed by atoms with E-state index in [0.29, 0.717) is 11.3 Å². The van der Waals surface area contributed by atoms with Crippen LogP contribution in [0.2, 0.25) is 5.02 Å². The molecule has 0 fully saturated rings. The van der Waals surface area contributed by atoms with Gasteiger partial charge in [0.15, 0.2) is 0 Å². The van der Waals surface area contributed by atoms with Crippen molar-refractivity contribution in [2.24, 2.45) is 0 Å². The maximum atomic E-state index is 13.0. The van der Waals surface area contributed by atoms with E-state index in [-0.39, 0.29) is 22.3 Å². The molecule has 0 aliphatic rings. The van der Waals surface area contributed by atoms with Gasteiger partial charge in [0.1, 0.15) is 18.2 Å². The van der Waals surface area contributed by atoms with Gasteiger partial charge < -0.3 is 4.74 Å². The minimum absolute atomic E-state index is 0.109. The zero-order valence-electron chi connectivity index (χ0n) is 10.0. The van der Waals surface area contributed by atoms with Crippen molar-refractivity contribution in [1.29, 1.82) is 0 Å².